The second-order valence-corrected chi connectivity index (χ2v) is 9.73. The van der Waals surface area contributed by atoms with E-state index in [0.29, 0.717) is 24.6 Å². The van der Waals surface area contributed by atoms with E-state index in [4.69, 9.17) is 9.63 Å². The van der Waals surface area contributed by atoms with Gasteiger partial charge in [0.15, 0.2) is 5.13 Å². The largest absolute Gasteiger partial charge is 0.383 e. The van der Waals surface area contributed by atoms with Gasteiger partial charge in [0.05, 0.1) is 22.8 Å². The van der Waals surface area contributed by atoms with E-state index < -0.39 is 6.10 Å². The summed E-state index contributed by atoms with van der Waals surface area (Å²) in [5.41, 5.74) is 3.97. The SMILES string of the molecule is CN1CCC(O)C1=O.c1cc(-c2ccon2)nc(-c2ccnc(Nc3nc(CN4CCCC4)cs3)n2)c1. The van der Waals surface area contributed by atoms with E-state index in [9.17, 15) is 4.79 Å². The monoisotopic (exact) mass is 520 g/mol. The first-order chi connectivity index (χ1) is 18.0. The Kier molecular flexibility index (Phi) is 7.78. The average Bonchev–Trinajstić information content (AvgIpc) is 3.74. The molecule has 0 bridgehead atoms. The Balaban J connectivity index is 0.000000301. The van der Waals surface area contributed by atoms with Crippen LogP contribution >= 0.6 is 11.3 Å². The fourth-order valence-electron chi connectivity index (χ4n) is 4.13. The number of likely N-dealkylation sites (N-methyl/N-ethyl adjacent to an activating group) is 1. The molecule has 192 valence electrons. The summed E-state index contributed by atoms with van der Waals surface area (Å²) in [7, 11) is 1.69. The van der Waals surface area contributed by atoms with Crippen molar-refractivity contribution in [1.82, 2.24) is 34.9 Å². The highest BCUT2D eigenvalue weighted by Gasteiger charge is 2.26. The normalized spacial score (nSPS) is 17.6. The second-order valence-electron chi connectivity index (χ2n) is 8.87. The molecule has 12 heteroatoms. The maximum Gasteiger partial charge on any atom is 0.251 e. The Morgan fingerprint density at radius 1 is 1.05 bits per heavy atom. The molecule has 2 aliphatic heterocycles. The Morgan fingerprint density at radius 2 is 1.84 bits per heavy atom. The highest BCUT2D eigenvalue weighted by molar-refractivity contribution is 7.13. The van der Waals surface area contributed by atoms with Crippen LogP contribution in [0.2, 0.25) is 0 Å². The van der Waals surface area contributed by atoms with Crippen LogP contribution in [0.5, 0.6) is 0 Å². The number of thiazole rings is 1. The van der Waals surface area contributed by atoms with Gasteiger partial charge >= 0.3 is 0 Å². The minimum atomic E-state index is -0.722. The van der Waals surface area contributed by atoms with Crippen molar-refractivity contribution in [1.29, 1.82) is 0 Å². The topological polar surface area (TPSA) is 133 Å². The van der Waals surface area contributed by atoms with Gasteiger partial charge in [-0.25, -0.2) is 19.9 Å². The van der Waals surface area contributed by atoms with Gasteiger partial charge in [0.2, 0.25) is 5.95 Å². The van der Waals surface area contributed by atoms with Gasteiger partial charge in [-0.3, -0.25) is 9.69 Å². The quantitative estimate of drug-likeness (QED) is 0.390. The molecule has 2 aliphatic rings. The fourth-order valence-corrected chi connectivity index (χ4v) is 4.83. The van der Waals surface area contributed by atoms with Gasteiger partial charge in [-0.15, -0.1) is 11.3 Å². The molecular formula is C25H28N8O3S. The lowest BCUT2D eigenvalue weighted by molar-refractivity contribution is -0.133. The number of nitrogens with zero attached hydrogens (tertiary/aromatic N) is 7. The van der Waals surface area contributed by atoms with Crippen molar-refractivity contribution in [3.8, 4) is 22.8 Å². The number of rotatable bonds is 6. The summed E-state index contributed by atoms with van der Waals surface area (Å²) in [6.07, 6.45) is 5.68. The molecule has 0 saturated carbocycles. The second kappa shape index (κ2) is 11.5. The van der Waals surface area contributed by atoms with E-state index in [1.54, 1.807) is 30.6 Å². The molecule has 0 aliphatic carbocycles. The van der Waals surface area contributed by atoms with Crippen LogP contribution in [0.4, 0.5) is 11.1 Å². The highest BCUT2D eigenvalue weighted by atomic mass is 32.1. The van der Waals surface area contributed by atoms with Crippen molar-refractivity contribution < 1.29 is 14.4 Å². The third kappa shape index (κ3) is 6.34. The van der Waals surface area contributed by atoms with Crippen LogP contribution in [0, 0.1) is 0 Å². The minimum absolute atomic E-state index is 0.148. The Hall–Kier alpha value is -3.74. The number of hydrogen-bond donors (Lipinski definition) is 2. The van der Waals surface area contributed by atoms with Crippen molar-refractivity contribution >= 4 is 28.3 Å². The Bertz CT molecular complexity index is 1310. The molecule has 11 nitrogen and oxygen atoms in total. The highest BCUT2D eigenvalue weighted by Crippen LogP contribution is 2.24. The van der Waals surface area contributed by atoms with E-state index in [1.165, 1.54) is 24.0 Å². The lowest BCUT2D eigenvalue weighted by Crippen LogP contribution is -2.24. The maximum absolute atomic E-state index is 10.6. The van der Waals surface area contributed by atoms with E-state index in [0.717, 1.165) is 47.5 Å². The molecular weight excluding hydrogens is 492 g/mol. The lowest BCUT2D eigenvalue weighted by Gasteiger charge is -2.11. The molecule has 0 spiro atoms. The van der Waals surface area contributed by atoms with Crippen LogP contribution in [0.25, 0.3) is 22.8 Å². The van der Waals surface area contributed by atoms with E-state index in [2.05, 4.69) is 40.7 Å². The number of likely N-dealkylation sites (tertiary alicyclic amines) is 2. The summed E-state index contributed by atoms with van der Waals surface area (Å²) in [5.74, 6) is 0.350. The zero-order valence-electron chi connectivity index (χ0n) is 20.4. The number of nitrogens with one attached hydrogen (secondary N) is 1. The molecule has 2 N–H and O–H groups in total. The number of amides is 1. The Labute approximate surface area is 218 Å². The summed E-state index contributed by atoms with van der Waals surface area (Å²) in [4.78, 5) is 32.8. The average molecular weight is 521 g/mol. The van der Waals surface area contributed by atoms with Crippen molar-refractivity contribution in [3.05, 3.63) is 53.9 Å². The molecule has 37 heavy (non-hydrogen) atoms. The molecule has 1 unspecified atom stereocenters. The number of anilines is 2. The van der Waals surface area contributed by atoms with Crippen LogP contribution in [-0.4, -0.2) is 78.7 Å². The number of aromatic nitrogens is 5. The molecule has 6 rings (SSSR count). The third-order valence-corrected chi connectivity index (χ3v) is 6.93. The van der Waals surface area contributed by atoms with Crippen molar-refractivity contribution in [2.24, 2.45) is 0 Å². The molecule has 0 radical (unpaired) electrons. The summed E-state index contributed by atoms with van der Waals surface area (Å²) in [6, 6.07) is 9.33. The molecule has 4 aromatic rings. The summed E-state index contributed by atoms with van der Waals surface area (Å²) < 4.78 is 4.91. The minimum Gasteiger partial charge on any atom is -0.383 e. The van der Waals surface area contributed by atoms with Gasteiger partial charge in [0.1, 0.15) is 18.1 Å². The number of hydrogen-bond acceptors (Lipinski definition) is 11. The molecule has 1 amide bonds. The van der Waals surface area contributed by atoms with Crippen LogP contribution < -0.4 is 5.32 Å². The van der Waals surface area contributed by atoms with Crippen LogP contribution in [0.1, 0.15) is 25.0 Å². The van der Waals surface area contributed by atoms with Gasteiger partial charge in [-0.2, -0.15) is 0 Å². The van der Waals surface area contributed by atoms with Crippen LogP contribution in [-0.2, 0) is 11.3 Å². The third-order valence-electron chi connectivity index (χ3n) is 6.12. The summed E-state index contributed by atoms with van der Waals surface area (Å²) in [5, 5.41) is 18.8. The molecule has 4 aromatic heterocycles. The van der Waals surface area contributed by atoms with Gasteiger partial charge in [0.25, 0.3) is 5.91 Å². The number of aliphatic hydroxyl groups excluding tert-OH is 1. The predicted molar refractivity (Wildman–Crippen MR) is 139 cm³/mol. The van der Waals surface area contributed by atoms with Gasteiger partial charge < -0.3 is 19.8 Å². The van der Waals surface area contributed by atoms with Crippen molar-refractivity contribution in [2.75, 3.05) is 32.0 Å². The fraction of sp³-hybridized carbons (Fsp3) is 0.360. The zero-order chi connectivity index (χ0) is 25.6. The van der Waals surface area contributed by atoms with Crippen molar-refractivity contribution in [3.63, 3.8) is 0 Å². The molecule has 6 heterocycles. The number of carbonyl (C=O) groups is 1. The number of pyridine rings is 1. The lowest BCUT2D eigenvalue weighted by atomic mass is 10.2. The first-order valence-corrected chi connectivity index (χ1v) is 13.0. The smallest absolute Gasteiger partial charge is 0.251 e. The zero-order valence-corrected chi connectivity index (χ0v) is 21.3. The van der Waals surface area contributed by atoms with Gasteiger partial charge in [-0.05, 0) is 50.6 Å². The maximum atomic E-state index is 10.6. The van der Waals surface area contributed by atoms with Crippen LogP contribution in [0.3, 0.4) is 0 Å². The van der Waals surface area contributed by atoms with Gasteiger partial charge in [0, 0.05) is 37.8 Å². The standard InChI is InChI=1S/C20H19N7OS.C5H9NO2/c1-2-10-27(9-1)12-14-13-29-20(22-14)25-19-21-8-6-17(24-19)15-4-3-5-16(23-15)18-7-11-28-26-18;1-6-3-2-4(7)5(6)8/h3-8,11,13H,1-2,9-10,12H2,(H,21,22,24,25);4,7H,2-3H2,1H3. The molecule has 2 fully saturated rings. The van der Waals surface area contributed by atoms with Crippen molar-refractivity contribution in [2.45, 2.75) is 31.9 Å². The summed E-state index contributed by atoms with van der Waals surface area (Å²) in [6.45, 7) is 3.91. The number of carbonyl (C=O) groups excluding carboxylic acids is 1. The summed E-state index contributed by atoms with van der Waals surface area (Å²) >= 11 is 1.57. The van der Waals surface area contributed by atoms with Crippen LogP contribution in [0.15, 0.2) is 52.7 Å². The van der Waals surface area contributed by atoms with E-state index >= 15 is 0 Å². The van der Waals surface area contributed by atoms with Gasteiger partial charge in [-0.1, -0.05) is 11.2 Å². The first kappa shape index (κ1) is 24.9. The number of aliphatic hydroxyl groups is 1. The molecule has 2 saturated heterocycles. The predicted octanol–water partition coefficient (Wildman–Crippen LogP) is 3.20. The Morgan fingerprint density at radius 3 is 2.51 bits per heavy atom. The first-order valence-electron chi connectivity index (χ1n) is 12.1. The molecule has 0 aromatic carbocycles. The molecule has 1 atom stereocenters. The van der Waals surface area contributed by atoms with E-state index in [1.807, 2.05) is 24.3 Å². The van der Waals surface area contributed by atoms with E-state index in [-0.39, 0.29) is 5.91 Å².